The number of amides is 1. The normalized spacial score (nSPS) is 25.6. The number of ether oxygens (including phenoxy) is 1. The summed E-state index contributed by atoms with van der Waals surface area (Å²) in [7, 11) is 0. The Hall–Kier alpha value is -3.13. The van der Waals surface area contributed by atoms with Gasteiger partial charge in [0.25, 0.3) is 0 Å². The van der Waals surface area contributed by atoms with Crippen molar-refractivity contribution >= 4 is 57.9 Å². The number of hydrogen-bond acceptors (Lipinski definition) is 8. The van der Waals surface area contributed by atoms with Crippen molar-refractivity contribution in [2.45, 2.75) is 58.0 Å². The first-order chi connectivity index (χ1) is 18.2. The molecule has 3 aromatic rings. The highest BCUT2D eigenvalue weighted by molar-refractivity contribution is 6.39. The van der Waals surface area contributed by atoms with E-state index in [1.165, 1.54) is 0 Å². The number of nitriles is 1. The number of fused-ring (bicyclic) bond motifs is 1. The molecule has 2 atom stereocenters. The van der Waals surface area contributed by atoms with E-state index < -0.39 is 5.41 Å². The number of imidazole rings is 1. The molecule has 1 saturated carbocycles. The third-order valence-corrected chi connectivity index (χ3v) is 8.41. The zero-order chi connectivity index (χ0) is 27.0. The van der Waals surface area contributed by atoms with Crippen LogP contribution >= 0.6 is 23.2 Å². The molecule has 1 aliphatic heterocycles. The Morgan fingerprint density at radius 2 is 1.95 bits per heavy atom. The van der Waals surface area contributed by atoms with E-state index in [2.05, 4.69) is 28.6 Å². The van der Waals surface area contributed by atoms with Gasteiger partial charge in [-0.05, 0) is 50.2 Å². The van der Waals surface area contributed by atoms with E-state index in [4.69, 9.17) is 43.6 Å². The minimum absolute atomic E-state index is 0.00983. The van der Waals surface area contributed by atoms with Crippen LogP contribution in [0.2, 0.25) is 10.0 Å². The molecule has 2 aliphatic rings. The second kappa shape index (κ2) is 10.6. The third-order valence-electron chi connectivity index (χ3n) is 7.81. The first-order valence-corrected chi connectivity index (χ1v) is 13.5. The molecule has 200 valence electrons. The van der Waals surface area contributed by atoms with Crippen LogP contribution in [-0.4, -0.2) is 44.7 Å². The van der Waals surface area contributed by atoms with E-state index in [-0.39, 0.29) is 18.0 Å². The fourth-order valence-electron chi connectivity index (χ4n) is 5.27. The van der Waals surface area contributed by atoms with Gasteiger partial charge in [0.2, 0.25) is 17.8 Å². The molecule has 2 aromatic heterocycles. The van der Waals surface area contributed by atoms with E-state index in [9.17, 15) is 10.1 Å². The maximum atomic E-state index is 12.1. The molecule has 0 radical (unpaired) electrons. The molecule has 2 fully saturated rings. The number of hydrogen-bond donors (Lipinski definition) is 3. The Morgan fingerprint density at radius 3 is 2.58 bits per heavy atom. The maximum absolute atomic E-state index is 12.1. The van der Waals surface area contributed by atoms with E-state index in [1.807, 2.05) is 11.5 Å². The van der Waals surface area contributed by atoms with E-state index in [0.29, 0.717) is 76.3 Å². The molecule has 4 N–H and O–H groups in total. The van der Waals surface area contributed by atoms with Crippen molar-refractivity contribution in [3.05, 3.63) is 33.9 Å². The Balaban J connectivity index is 1.54. The lowest BCUT2D eigenvalue weighted by Crippen LogP contribution is -2.38. The number of nitrogens with one attached hydrogen (secondary N) is 2. The lowest BCUT2D eigenvalue weighted by atomic mass is 9.73. The number of carbonyl (C=O) groups is 1. The number of carbonyl (C=O) groups excluding carboxylic acids is 1. The number of nitrogens with zero attached hydrogens (tertiary/aromatic N) is 5. The Labute approximate surface area is 230 Å². The molecule has 0 spiro atoms. The van der Waals surface area contributed by atoms with Gasteiger partial charge in [-0.2, -0.15) is 10.2 Å². The second-order valence-electron chi connectivity index (χ2n) is 10.5. The summed E-state index contributed by atoms with van der Waals surface area (Å²) >= 11 is 13.0. The minimum Gasteiger partial charge on any atom is -0.381 e. The maximum Gasteiger partial charge on any atom is 0.224 e. The fraction of sp³-hybridized carbons (Fsp3) is 0.500. The molecular formula is C26H30Cl2N8O2. The van der Waals surface area contributed by atoms with E-state index in [0.717, 1.165) is 19.3 Å². The predicted octanol–water partition coefficient (Wildman–Crippen LogP) is 5.19. The Kier molecular flexibility index (Phi) is 7.36. The van der Waals surface area contributed by atoms with E-state index in [1.54, 1.807) is 18.3 Å². The number of nitrogens with two attached hydrogens (primary N) is 1. The molecule has 5 rings (SSSR count). The number of aromatic nitrogens is 4. The average molecular weight is 557 g/mol. The van der Waals surface area contributed by atoms with Crippen LogP contribution in [0.15, 0.2) is 18.3 Å². The zero-order valence-electron chi connectivity index (χ0n) is 21.3. The minimum atomic E-state index is -0.541. The molecule has 0 unspecified atom stereocenters. The monoisotopic (exact) mass is 556 g/mol. The number of halogens is 2. The SMILES string of the molecule is C[C@@H]1COCC[C@H]1Nc1ncc2nc(Nc3c(Cl)cc(C#N)cc3Cl)n([C@H]3CC[C@@](C)(C(N)=O)CC3)c2n1. The quantitative estimate of drug-likeness (QED) is 0.376. The zero-order valence-corrected chi connectivity index (χ0v) is 22.8. The van der Waals surface area contributed by atoms with Gasteiger partial charge in [0.15, 0.2) is 5.65 Å². The molecule has 38 heavy (non-hydrogen) atoms. The summed E-state index contributed by atoms with van der Waals surface area (Å²) in [5, 5.41) is 16.6. The Morgan fingerprint density at radius 1 is 1.24 bits per heavy atom. The fourth-order valence-corrected chi connectivity index (χ4v) is 5.85. The van der Waals surface area contributed by atoms with Crippen molar-refractivity contribution in [1.82, 2.24) is 19.5 Å². The number of rotatable bonds is 6. The van der Waals surface area contributed by atoms with Crippen LogP contribution in [0.1, 0.15) is 57.6 Å². The summed E-state index contributed by atoms with van der Waals surface area (Å²) in [6.45, 7) is 5.46. The summed E-state index contributed by atoms with van der Waals surface area (Å²) < 4.78 is 7.61. The second-order valence-corrected chi connectivity index (χ2v) is 11.3. The number of anilines is 3. The molecule has 1 amide bonds. The molecule has 10 nitrogen and oxygen atoms in total. The van der Waals surface area contributed by atoms with Crippen LogP contribution in [0.25, 0.3) is 11.2 Å². The molecule has 1 aliphatic carbocycles. The topological polar surface area (TPSA) is 144 Å². The number of benzene rings is 1. The first kappa shape index (κ1) is 26.5. The largest absolute Gasteiger partial charge is 0.381 e. The lowest BCUT2D eigenvalue weighted by molar-refractivity contribution is -0.128. The van der Waals surface area contributed by atoms with Crippen LogP contribution in [0.5, 0.6) is 0 Å². The van der Waals surface area contributed by atoms with Crippen LogP contribution < -0.4 is 16.4 Å². The van der Waals surface area contributed by atoms with Gasteiger partial charge in [0.1, 0.15) is 5.52 Å². The smallest absolute Gasteiger partial charge is 0.224 e. The summed E-state index contributed by atoms with van der Waals surface area (Å²) in [6.07, 6.45) is 5.32. The molecular weight excluding hydrogens is 527 g/mol. The van der Waals surface area contributed by atoms with Gasteiger partial charge in [-0.3, -0.25) is 9.36 Å². The summed E-state index contributed by atoms with van der Waals surface area (Å²) in [5.41, 5.74) is 7.25. The molecule has 1 aromatic carbocycles. The first-order valence-electron chi connectivity index (χ1n) is 12.7. The summed E-state index contributed by atoms with van der Waals surface area (Å²) in [6, 6.07) is 5.38. The van der Waals surface area contributed by atoms with Gasteiger partial charge in [-0.25, -0.2) is 9.97 Å². The van der Waals surface area contributed by atoms with Crippen molar-refractivity contribution in [3.8, 4) is 6.07 Å². The third kappa shape index (κ3) is 5.10. The summed E-state index contributed by atoms with van der Waals surface area (Å²) in [4.78, 5) is 26.3. The van der Waals surface area contributed by atoms with E-state index >= 15 is 0 Å². The van der Waals surface area contributed by atoms with Crippen molar-refractivity contribution in [1.29, 1.82) is 5.26 Å². The van der Waals surface area contributed by atoms with Gasteiger partial charge in [-0.15, -0.1) is 0 Å². The van der Waals surface area contributed by atoms with Gasteiger partial charge >= 0.3 is 0 Å². The lowest BCUT2D eigenvalue weighted by Gasteiger charge is -2.35. The van der Waals surface area contributed by atoms with Crippen LogP contribution in [0, 0.1) is 22.7 Å². The van der Waals surface area contributed by atoms with Crippen molar-refractivity contribution in [3.63, 3.8) is 0 Å². The van der Waals surface area contributed by atoms with Gasteiger partial charge in [-0.1, -0.05) is 37.0 Å². The average Bonchev–Trinajstić information content (AvgIpc) is 3.25. The standard InChI is InChI=1S/C26H30Cl2N8O2/c1-14-13-38-8-5-19(14)32-24-31-12-20-22(35-24)36(16-3-6-26(2,7-4-16)23(30)37)25(33-20)34-21-17(27)9-15(11-29)10-18(21)28/h9-10,12,14,16,19H,3-8,13H2,1-2H3,(H2,30,37)(H,33,34)(H,31,32,35)/t14-,16-,19-,26+/m1/s1. The molecule has 12 heteroatoms. The summed E-state index contributed by atoms with van der Waals surface area (Å²) in [5.74, 6) is 1.08. The Bertz CT molecular complexity index is 1390. The van der Waals surface area contributed by atoms with Gasteiger partial charge < -0.3 is 21.1 Å². The molecule has 1 saturated heterocycles. The van der Waals surface area contributed by atoms with Crippen LogP contribution in [0.3, 0.4) is 0 Å². The highest BCUT2D eigenvalue weighted by Gasteiger charge is 2.38. The molecule has 0 bridgehead atoms. The highest BCUT2D eigenvalue weighted by atomic mass is 35.5. The molecule has 3 heterocycles. The predicted molar refractivity (Wildman–Crippen MR) is 147 cm³/mol. The van der Waals surface area contributed by atoms with Crippen molar-refractivity contribution < 1.29 is 9.53 Å². The van der Waals surface area contributed by atoms with Crippen LogP contribution in [-0.2, 0) is 9.53 Å². The van der Waals surface area contributed by atoms with Crippen molar-refractivity contribution in [2.75, 3.05) is 23.8 Å². The van der Waals surface area contributed by atoms with Gasteiger partial charge in [0, 0.05) is 24.1 Å². The highest BCUT2D eigenvalue weighted by Crippen LogP contribution is 2.43. The number of primary amides is 1. The van der Waals surface area contributed by atoms with Gasteiger partial charge in [0.05, 0.1) is 40.2 Å². The van der Waals surface area contributed by atoms with Crippen LogP contribution in [0.4, 0.5) is 17.6 Å². The van der Waals surface area contributed by atoms with Crippen molar-refractivity contribution in [2.24, 2.45) is 17.1 Å².